The molecule has 1 rings (SSSR count). The van der Waals surface area contributed by atoms with Crippen molar-refractivity contribution in [2.45, 2.75) is 12.8 Å². The van der Waals surface area contributed by atoms with Crippen LogP contribution in [0, 0.1) is 0 Å². The lowest BCUT2D eigenvalue weighted by Crippen LogP contribution is -2.11. The van der Waals surface area contributed by atoms with Gasteiger partial charge in [-0.2, -0.15) is 22.0 Å². The van der Waals surface area contributed by atoms with Crippen LogP contribution in [-0.2, 0) is 6.18 Å². The summed E-state index contributed by atoms with van der Waals surface area (Å²) in [5.74, 6) is -2.68. The van der Waals surface area contributed by atoms with E-state index in [4.69, 9.17) is 5.11 Å². The summed E-state index contributed by atoms with van der Waals surface area (Å²) in [6.45, 7) is -3.41. The Bertz CT molecular complexity index is 427. The largest absolute Gasteiger partial charge is 0.478 e. The molecule has 0 saturated carbocycles. The van der Waals surface area contributed by atoms with Gasteiger partial charge >= 0.3 is 18.8 Å². The number of hydrogen-bond donors (Lipinski definition) is 1. The summed E-state index contributed by atoms with van der Waals surface area (Å²) in [5.41, 5.74) is -2.03. The number of carbonyl (C=O) groups is 1. The highest BCUT2D eigenvalue weighted by Crippen LogP contribution is 2.33. The smallest absolute Gasteiger partial charge is 0.416 e. The molecule has 0 aliphatic carbocycles. The van der Waals surface area contributed by atoms with Gasteiger partial charge in [0.05, 0.1) is 5.56 Å². The number of rotatable bonds is 3. The van der Waals surface area contributed by atoms with Crippen molar-refractivity contribution in [3.63, 3.8) is 0 Å². The van der Waals surface area contributed by atoms with Gasteiger partial charge in [0.2, 0.25) is 0 Å². The number of alkyl halides is 5. The Morgan fingerprint density at radius 2 is 1.88 bits per heavy atom. The second-order valence-corrected chi connectivity index (χ2v) is 2.89. The lowest BCUT2D eigenvalue weighted by Gasteiger charge is -2.11. The molecule has 0 bridgehead atoms. The van der Waals surface area contributed by atoms with E-state index < -0.39 is 35.6 Å². The summed E-state index contributed by atoms with van der Waals surface area (Å²) in [6.07, 6.45) is -4.77. The van der Waals surface area contributed by atoms with Gasteiger partial charge in [0.15, 0.2) is 0 Å². The van der Waals surface area contributed by atoms with Gasteiger partial charge in [-0.05, 0) is 18.2 Å². The number of aromatic carboxylic acids is 1. The molecule has 0 amide bonds. The molecule has 0 atom stereocenters. The van der Waals surface area contributed by atoms with Crippen molar-refractivity contribution in [1.82, 2.24) is 0 Å². The fourth-order valence-electron chi connectivity index (χ4n) is 1.07. The van der Waals surface area contributed by atoms with E-state index in [9.17, 15) is 26.7 Å². The Morgan fingerprint density at radius 3 is 2.29 bits per heavy atom. The van der Waals surface area contributed by atoms with Crippen molar-refractivity contribution < 1.29 is 36.6 Å². The van der Waals surface area contributed by atoms with E-state index in [-0.39, 0.29) is 6.07 Å². The number of ether oxygens (including phenoxy) is 1. The molecule has 0 unspecified atom stereocenters. The van der Waals surface area contributed by atoms with Gasteiger partial charge in [0.1, 0.15) is 11.3 Å². The Kier molecular flexibility index (Phi) is 3.54. The first-order valence-corrected chi connectivity index (χ1v) is 4.11. The zero-order chi connectivity index (χ0) is 13.2. The molecule has 0 fully saturated rings. The summed E-state index contributed by atoms with van der Waals surface area (Å²) in [7, 11) is 0. The lowest BCUT2D eigenvalue weighted by atomic mass is 10.1. The molecule has 1 N–H and O–H groups in total. The number of carboxylic acid groups (broad SMARTS) is 1. The van der Waals surface area contributed by atoms with Crippen molar-refractivity contribution in [2.75, 3.05) is 0 Å². The Balaban J connectivity index is 3.24. The molecule has 3 nitrogen and oxygen atoms in total. The third-order valence-corrected chi connectivity index (χ3v) is 1.76. The molecule has 8 heteroatoms. The Labute approximate surface area is 91.4 Å². The highest BCUT2D eigenvalue weighted by Gasteiger charge is 2.32. The highest BCUT2D eigenvalue weighted by molar-refractivity contribution is 5.91. The predicted molar refractivity (Wildman–Crippen MR) is 45.0 cm³/mol. The molecule has 94 valence electrons. The van der Waals surface area contributed by atoms with E-state index in [0.29, 0.717) is 12.1 Å². The Morgan fingerprint density at radius 1 is 1.29 bits per heavy atom. The molecule has 0 saturated heterocycles. The third kappa shape index (κ3) is 3.30. The lowest BCUT2D eigenvalue weighted by molar-refractivity contribution is -0.138. The van der Waals surface area contributed by atoms with Gasteiger partial charge < -0.3 is 9.84 Å². The number of carboxylic acids is 1. The van der Waals surface area contributed by atoms with E-state index in [1.54, 1.807) is 0 Å². The van der Waals surface area contributed by atoms with Crippen molar-refractivity contribution in [3.05, 3.63) is 29.3 Å². The van der Waals surface area contributed by atoms with Gasteiger partial charge in [-0.25, -0.2) is 4.79 Å². The molecular weight excluding hydrogens is 251 g/mol. The highest BCUT2D eigenvalue weighted by atomic mass is 19.4. The van der Waals surface area contributed by atoms with Gasteiger partial charge in [-0.1, -0.05) is 0 Å². The van der Waals surface area contributed by atoms with Crippen LogP contribution in [0.4, 0.5) is 22.0 Å². The quantitative estimate of drug-likeness (QED) is 0.845. The molecule has 0 radical (unpaired) electrons. The number of halogens is 5. The first-order valence-electron chi connectivity index (χ1n) is 4.11. The second-order valence-electron chi connectivity index (χ2n) is 2.89. The molecule has 0 aromatic heterocycles. The minimum absolute atomic E-state index is 0.218. The maximum Gasteiger partial charge on any atom is 0.416 e. The van der Waals surface area contributed by atoms with Gasteiger partial charge in [-0.3, -0.25) is 0 Å². The van der Waals surface area contributed by atoms with Gasteiger partial charge in [-0.15, -0.1) is 0 Å². The van der Waals surface area contributed by atoms with Crippen molar-refractivity contribution in [2.24, 2.45) is 0 Å². The molecule has 17 heavy (non-hydrogen) atoms. The van der Waals surface area contributed by atoms with Crippen LogP contribution in [-0.4, -0.2) is 17.7 Å². The topological polar surface area (TPSA) is 46.5 Å². The van der Waals surface area contributed by atoms with Crippen molar-refractivity contribution in [3.8, 4) is 5.75 Å². The van der Waals surface area contributed by atoms with E-state index in [2.05, 4.69) is 4.74 Å². The molecule has 1 aromatic rings. The minimum atomic E-state index is -4.77. The van der Waals surface area contributed by atoms with Crippen molar-refractivity contribution >= 4 is 5.97 Å². The SMILES string of the molecule is O=C(O)c1ccc(C(F)(F)F)cc1OC(F)F. The van der Waals surface area contributed by atoms with E-state index in [1.165, 1.54) is 0 Å². The van der Waals surface area contributed by atoms with Crippen LogP contribution in [0.25, 0.3) is 0 Å². The Hall–Kier alpha value is -1.86. The maximum absolute atomic E-state index is 12.2. The summed E-state index contributed by atoms with van der Waals surface area (Å²) in [6, 6.07) is 1.25. The van der Waals surface area contributed by atoms with Crippen LogP contribution in [0.5, 0.6) is 5.75 Å². The summed E-state index contributed by atoms with van der Waals surface area (Å²) >= 11 is 0. The predicted octanol–water partition coefficient (Wildman–Crippen LogP) is 3.01. The van der Waals surface area contributed by atoms with Crippen molar-refractivity contribution in [1.29, 1.82) is 0 Å². The van der Waals surface area contributed by atoms with Crippen LogP contribution in [0.3, 0.4) is 0 Å². The molecule has 0 aliphatic heterocycles. The molecular formula is C9H5F5O3. The third-order valence-electron chi connectivity index (χ3n) is 1.76. The van der Waals surface area contributed by atoms with Crippen LogP contribution >= 0.6 is 0 Å². The average Bonchev–Trinajstić information content (AvgIpc) is 2.14. The fourth-order valence-corrected chi connectivity index (χ4v) is 1.07. The van der Waals surface area contributed by atoms with Gasteiger partial charge in [0, 0.05) is 0 Å². The molecule has 0 aliphatic rings. The standard InChI is InChI=1S/C9H5F5O3/c10-8(11)17-6-3-4(9(12,13)14)1-2-5(6)7(15)16/h1-3,8H,(H,15,16). The van der Waals surface area contributed by atoms with E-state index in [1.807, 2.05) is 0 Å². The maximum atomic E-state index is 12.2. The molecule has 0 spiro atoms. The van der Waals surface area contributed by atoms with Crippen LogP contribution in [0.1, 0.15) is 15.9 Å². The first-order chi connectivity index (χ1) is 7.71. The normalized spacial score (nSPS) is 11.6. The van der Waals surface area contributed by atoms with Crippen LogP contribution in [0.2, 0.25) is 0 Å². The molecule has 0 heterocycles. The number of benzene rings is 1. The average molecular weight is 256 g/mol. The first kappa shape index (κ1) is 13.2. The zero-order valence-corrected chi connectivity index (χ0v) is 7.96. The second kappa shape index (κ2) is 4.56. The summed E-state index contributed by atoms with van der Waals surface area (Å²) in [5, 5.41) is 8.57. The molecule has 1 aromatic carbocycles. The van der Waals surface area contributed by atoms with E-state index in [0.717, 1.165) is 0 Å². The van der Waals surface area contributed by atoms with Crippen LogP contribution in [0.15, 0.2) is 18.2 Å². The summed E-state index contributed by atoms with van der Waals surface area (Å²) in [4.78, 5) is 10.6. The monoisotopic (exact) mass is 256 g/mol. The minimum Gasteiger partial charge on any atom is -0.478 e. The number of hydrogen-bond acceptors (Lipinski definition) is 2. The fraction of sp³-hybridized carbons (Fsp3) is 0.222. The van der Waals surface area contributed by atoms with E-state index >= 15 is 0 Å². The summed E-state index contributed by atoms with van der Waals surface area (Å²) < 4.78 is 64.3. The zero-order valence-electron chi connectivity index (χ0n) is 7.96. The van der Waals surface area contributed by atoms with Gasteiger partial charge in [0.25, 0.3) is 0 Å². The van der Waals surface area contributed by atoms with Crippen LogP contribution < -0.4 is 4.74 Å².